The summed E-state index contributed by atoms with van der Waals surface area (Å²) >= 11 is 0. The highest BCUT2D eigenvalue weighted by Crippen LogP contribution is 2.28. The molecule has 1 fully saturated rings. The van der Waals surface area contributed by atoms with Crippen molar-refractivity contribution in [2.24, 2.45) is 5.92 Å². The zero-order valence-corrected chi connectivity index (χ0v) is 10.6. The first-order valence-electron chi connectivity index (χ1n) is 6.86. The Morgan fingerprint density at radius 1 is 1.39 bits per heavy atom. The van der Waals surface area contributed by atoms with Gasteiger partial charge in [0, 0.05) is 24.8 Å². The normalized spacial score (nSPS) is 25.5. The summed E-state index contributed by atoms with van der Waals surface area (Å²) in [4.78, 5) is 0. The van der Waals surface area contributed by atoms with Crippen LogP contribution in [0.5, 0.6) is 0 Å². The predicted octanol–water partition coefficient (Wildman–Crippen LogP) is 2.44. The zero-order valence-electron chi connectivity index (χ0n) is 10.6. The molecule has 0 aromatic heterocycles. The molecule has 1 aliphatic carbocycles. The van der Waals surface area contributed by atoms with Crippen LogP contribution < -0.4 is 10.6 Å². The molecule has 1 heterocycles. The van der Waals surface area contributed by atoms with Gasteiger partial charge in [0.25, 0.3) is 0 Å². The molecule has 2 unspecified atom stereocenters. The van der Waals surface area contributed by atoms with Crippen molar-refractivity contribution in [2.45, 2.75) is 38.3 Å². The van der Waals surface area contributed by atoms with E-state index in [0.717, 1.165) is 32.4 Å². The number of anilines is 1. The molecule has 2 atom stereocenters. The first-order chi connectivity index (χ1) is 8.88. The van der Waals surface area contributed by atoms with Crippen LogP contribution in [-0.4, -0.2) is 12.6 Å². The van der Waals surface area contributed by atoms with Gasteiger partial charge in [0.05, 0.1) is 12.0 Å². The third kappa shape index (κ3) is 2.09. The highest BCUT2D eigenvalue weighted by atomic mass is 14.9. The van der Waals surface area contributed by atoms with E-state index >= 15 is 0 Å². The molecule has 18 heavy (non-hydrogen) atoms. The lowest BCUT2D eigenvalue weighted by Gasteiger charge is -2.17. The van der Waals surface area contributed by atoms with Gasteiger partial charge in [0.2, 0.25) is 0 Å². The average Bonchev–Trinajstić information content (AvgIpc) is 3.04. The molecule has 0 radical (unpaired) electrons. The summed E-state index contributed by atoms with van der Waals surface area (Å²) < 4.78 is 0. The van der Waals surface area contributed by atoms with Crippen LogP contribution in [0.25, 0.3) is 0 Å². The van der Waals surface area contributed by atoms with Gasteiger partial charge >= 0.3 is 0 Å². The van der Waals surface area contributed by atoms with Crippen molar-refractivity contribution in [3.05, 3.63) is 29.3 Å². The second kappa shape index (κ2) is 4.99. The summed E-state index contributed by atoms with van der Waals surface area (Å²) in [6.45, 7) is 1.93. The maximum Gasteiger partial charge on any atom is 0.0672 e. The standard InChI is InChI=1S/C15H19N3/c16-9-12-4-2-6-14(12)18-10-13-5-1-3-11-7-8-17-15(11)13/h1,3,5,12,14,17-18H,2,4,6-8,10H2. The van der Waals surface area contributed by atoms with E-state index in [4.69, 9.17) is 5.26 Å². The van der Waals surface area contributed by atoms with E-state index in [0.29, 0.717) is 6.04 Å². The largest absolute Gasteiger partial charge is 0.384 e. The smallest absolute Gasteiger partial charge is 0.0672 e. The molecule has 2 aliphatic rings. The summed E-state index contributed by atoms with van der Waals surface area (Å²) in [5.74, 6) is 0.203. The number of hydrogen-bond donors (Lipinski definition) is 2. The third-order valence-corrected chi connectivity index (χ3v) is 4.17. The molecular formula is C15H19N3. The fourth-order valence-electron chi connectivity index (χ4n) is 3.16. The fourth-order valence-corrected chi connectivity index (χ4v) is 3.16. The van der Waals surface area contributed by atoms with E-state index in [9.17, 15) is 0 Å². The van der Waals surface area contributed by atoms with Gasteiger partial charge in [0.1, 0.15) is 0 Å². The summed E-state index contributed by atoms with van der Waals surface area (Å²) in [6, 6.07) is 9.33. The monoisotopic (exact) mass is 241 g/mol. The van der Waals surface area contributed by atoms with Crippen molar-refractivity contribution in [1.82, 2.24) is 5.32 Å². The molecule has 1 aromatic rings. The Morgan fingerprint density at radius 2 is 2.33 bits per heavy atom. The van der Waals surface area contributed by atoms with Crippen LogP contribution in [0.15, 0.2) is 18.2 Å². The van der Waals surface area contributed by atoms with E-state index in [-0.39, 0.29) is 5.92 Å². The lowest BCUT2D eigenvalue weighted by atomic mass is 10.0. The summed E-state index contributed by atoms with van der Waals surface area (Å²) in [5, 5.41) is 16.1. The first-order valence-corrected chi connectivity index (χ1v) is 6.86. The minimum Gasteiger partial charge on any atom is -0.384 e. The molecule has 0 saturated heterocycles. The van der Waals surface area contributed by atoms with Gasteiger partial charge in [-0.05, 0) is 30.4 Å². The van der Waals surface area contributed by atoms with Crippen molar-refractivity contribution in [2.75, 3.05) is 11.9 Å². The molecule has 94 valence electrons. The Balaban J connectivity index is 1.67. The highest BCUT2D eigenvalue weighted by Gasteiger charge is 2.26. The quantitative estimate of drug-likeness (QED) is 0.854. The maximum atomic E-state index is 9.09. The van der Waals surface area contributed by atoms with Crippen LogP contribution >= 0.6 is 0 Å². The maximum absolute atomic E-state index is 9.09. The number of nitrogens with zero attached hydrogens (tertiary/aromatic N) is 1. The molecular weight excluding hydrogens is 222 g/mol. The zero-order chi connectivity index (χ0) is 12.4. The second-order valence-electron chi connectivity index (χ2n) is 5.28. The van der Waals surface area contributed by atoms with E-state index in [1.54, 1.807) is 0 Å². The van der Waals surface area contributed by atoms with Crippen molar-refractivity contribution in [1.29, 1.82) is 5.26 Å². The number of rotatable bonds is 3. The minimum absolute atomic E-state index is 0.203. The number of benzene rings is 1. The van der Waals surface area contributed by atoms with Gasteiger partial charge in [-0.2, -0.15) is 5.26 Å². The van der Waals surface area contributed by atoms with E-state index in [1.165, 1.54) is 23.2 Å². The molecule has 3 nitrogen and oxygen atoms in total. The Hall–Kier alpha value is -1.53. The van der Waals surface area contributed by atoms with Crippen LogP contribution in [0.2, 0.25) is 0 Å². The Labute approximate surface area is 108 Å². The Bertz CT molecular complexity index is 475. The van der Waals surface area contributed by atoms with E-state index < -0.39 is 0 Å². The van der Waals surface area contributed by atoms with Gasteiger partial charge in [-0.1, -0.05) is 24.6 Å². The van der Waals surface area contributed by atoms with Gasteiger partial charge in [-0.25, -0.2) is 0 Å². The van der Waals surface area contributed by atoms with Crippen molar-refractivity contribution >= 4 is 5.69 Å². The lowest BCUT2D eigenvalue weighted by Crippen LogP contribution is -2.31. The number of nitriles is 1. The van der Waals surface area contributed by atoms with Gasteiger partial charge in [-0.3, -0.25) is 0 Å². The number of nitrogens with one attached hydrogen (secondary N) is 2. The van der Waals surface area contributed by atoms with Crippen LogP contribution in [0.4, 0.5) is 5.69 Å². The first kappa shape index (κ1) is 11.6. The van der Waals surface area contributed by atoms with Crippen LogP contribution in [0, 0.1) is 17.2 Å². The Morgan fingerprint density at radius 3 is 3.22 bits per heavy atom. The van der Waals surface area contributed by atoms with Crippen LogP contribution in [0.3, 0.4) is 0 Å². The second-order valence-corrected chi connectivity index (χ2v) is 5.28. The molecule has 0 spiro atoms. The van der Waals surface area contributed by atoms with Crippen LogP contribution in [0.1, 0.15) is 30.4 Å². The predicted molar refractivity (Wildman–Crippen MR) is 72.2 cm³/mol. The summed E-state index contributed by atoms with van der Waals surface area (Å²) in [5.41, 5.74) is 4.09. The lowest BCUT2D eigenvalue weighted by molar-refractivity contribution is 0.465. The van der Waals surface area contributed by atoms with E-state index in [1.807, 2.05) is 0 Å². The van der Waals surface area contributed by atoms with Crippen molar-refractivity contribution in [3.63, 3.8) is 0 Å². The molecule has 1 aliphatic heterocycles. The molecule has 0 bridgehead atoms. The molecule has 3 rings (SSSR count). The highest BCUT2D eigenvalue weighted by molar-refractivity contribution is 5.61. The average molecular weight is 241 g/mol. The Kier molecular flexibility index (Phi) is 3.21. The van der Waals surface area contributed by atoms with Gasteiger partial charge < -0.3 is 10.6 Å². The number of fused-ring (bicyclic) bond motifs is 1. The molecule has 1 saturated carbocycles. The third-order valence-electron chi connectivity index (χ3n) is 4.17. The molecule has 1 aromatic carbocycles. The number of hydrogen-bond acceptors (Lipinski definition) is 3. The minimum atomic E-state index is 0.203. The van der Waals surface area contributed by atoms with E-state index in [2.05, 4.69) is 34.9 Å². The van der Waals surface area contributed by atoms with Crippen molar-refractivity contribution in [3.8, 4) is 6.07 Å². The molecule has 0 amide bonds. The fraction of sp³-hybridized carbons (Fsp3) is 0.533. The van der Waals surface area contributed by atoms with Gasteiger partial charge in [0.15, 0.2) is 0 Å². The SMILES string of the molecule is N#CC1CCCC1NCc1cccc2c1NCC2. The topological polar surface area (TPSA) is 47.9 Å². The summed E-state index contributed by atoms with van der Waals surface area (Å²) in [6.07, 6.45) is 4.51. The van der Waals surface area contributed by atoms with Gasteiger partial charge in [-0.15, -0.1) is 0 Å². The summed E-state index contributed by atoms with van der Waals surface area (Å²) in [7, 11) is 0. The molecule has 3 heteroatoms. The van der Waals surface area contributed by atoms with Crippen molar-refractivity contribution < 1.29 is 0 Å². The molecule has 2 N–H and O–H groups in total. The number of para-hydroxylation sites is 1. The van der Waals surface area contributed by atoms with Crippen LogP contribution in [-0.2, 0) is 13.0 Å².